The van der Waals surface area contributed by atoms with E-state index in [1.54, 1.807) is 55.5 Å². The number of carbonyl (C=O) groups excluding carboxylic acids is 2. The summed E-state index contributed by atoms with van der Waals surface area (Å²) in [6, 6.07) is 14.8. The largest absolute Gasteiger partial charge is 0.317 e. The van der Waals surface area contributed by atoms with Gasteiger partial charge in [-0.15, -0.1) is 0 Å². The molecule has 0 spiro atoms. The van der Waals surface area contributed by atoms with Gasteiger partial charge < -0.3 is 9.88 Å². The second-order valence-corrected chi connectivity index (χ2v) is 7.46. The van der Waals surface area contributed by atoms with Crippen LogP contribution in [-0.2, 0) is 6.54 Å². The number of nitrogens with zero attached hydrogens (tertiary/aromatic N) is 1. The average Bonchev–Trinajstić information content (AvgIpc) is 2.69. The third-order valence-corrected chi connectivity index (χ3v) is 5.05. The Kier molecular flexibility index (Phi) is 6.20. The zero-order valence-electron chi connectivity index (χ0n) is 15.8. The molecule has 0 saturated carbocycles. The molecular weight excluding hydrogens is 411 g/mol. The lowest BCUT2D eigenvalue weighted by atomic mass is 10.1. The number of halogens is 2. The predicted octanol–water partition coefficient (Wildman–Crippen LogP) is 4.97. The molecule has 0 aliphatic heterocycles. The Morgan fingerprint density at radius 2 is 1.52 bits per heavy atom. The third-order valence-electron chi connectivity index (χ3n) is 4.55. The van der Waals surface area contributed by atoms with Crippen LogP contribution in [0.3, 0.4) is 0 Å². The normalized spacial score (nSPS) is 10.6. The van der Waals surface area contributed by atoms with Crippen LogP contribution >= 0.6 is 23.2 Å². The van der Waals surface area contributed by atoms with Crippen molar-refractivity contribution in [2.45, 2.75) is 20.4 Å². The molecule has 0 atom stereocenters. The minimum Gasteiger partial charge on any atom is -0.317 e. The first-order valence-corrected chi connectivity index (χ1v) is 9.58. The van der Waals surface area contributed by atoms with E-state index in [-0.39, 0.29) is 18.0 Å². The lowest BCUT2D eigenvalue weighted by Crippen LogP contribution is -2.29. The van der Waals surface area contributed by atoms with Gasteiger partial charge in [-0.05, 0) is 61.9 Å². The van der Waals surface area contributed by atoms with Crippen LogP contribution in [-0.4, -0.2) is 16.3 Å². The fraction of sp³-hybridized carbons (Fsp3) is 0.136. The molecule has 3 aromatic rings. The van der Waals surface area contributed by atoms with Gasteiger partial charge >= 0.3 is 0 Å². The number of pyridine rings is 1. The zero-order valence-corrected chi connectivity index (χ0v) is 17.3. The summed E-state index contributed by atoms with van der Waals surface area (Å²) >= 11 is 11.8. The van der Waals surface area contributed by atoms with Crippen molar-refractivity contribution in [2.75, 3.05) is 5.32 Å². The number of aromatic nitrogens is 1. The van der Waals surface area contributed by atoms with E-state index in [4.69, 9.17) is 23.2 Å². The van der Waals surface area contributed by atoms with E-state index in [0.29, 0.717) is 26.9 Å². The van der Waals surface area contributed by atoms with Crippen molar-refractivity contribution >= 4 is 40.6 Å². The van der Waals surface area contributed by atoms with Crippen LogP contribution in [0.4, 0.5) is 5.69 Å². The molecule has 0 radical (unpaired) electrons. The van der Waals surface area contributed by atoms with Gasteiger partial charge in [0.05, 0.1) is 6.54 Å². The number of carbonyl (C=O) groups is 2. The second-order valence-electron chi connectivity index (χ2n) is 6.59. The van der Waals surface area contributed by atoms with Crippen molar-refractivity contribution in [3.05, 3.63) is 97.4 Å². The summed E-state index contributed by atoms with van der Waals surface area (Å²) in [6.07, 6.45) is 0. The summed E-state index contributed by atoms with van der Waals surface area (Å²) < 4.78 is 1.47. The fourth-order valence-electron chi connectivity index (χ4n) is 2.96. The maximum absolute atomic E-state index is 13.0. The van der Waals surface area contributed by atoms with Crippen LogP contribution in [0.25, 0.3) is 0 Å². The highest BCUT2D eigenvalue weighted by Gasteiger charge is 2.17. The minimum atomic E-state index is -0.463. The van der Waals surface area contributed by atoms with Gasteiger partial charge in [-0.3, -0.25) is 14.4 Å². The van der Waals surface area contributed by atoms with Crippen LogP contribution in [0.5, 0.6) is 0 Å². The van der Waals surface area contributed by atoms with Crippen LogP contribution in [0.2, 0.25) is 10.0 Å². The topological polar surface area (TPSA) is 68.2 Å². The fourth-order valence-corrected chi connectivity index (χ4v) is 3.21. The Labute approximate surface area is 177 Å². The summed E-state index contributed by atoms with van der Waals surface area (Å²) in [7, 11) is 0. The maximum Gasteiger partial charge on any atom is 0.274 e. The molecule has 0 bridgehead atoms. The van der Waals surface area contributed by atoms with Gasteiger partial charge in [0.15, 0.2) is 5.78 Å². The number of anilines is 1. The monoisotopic (exact) mass is 428 g/mol. The summed E-state index contributed by atoms with van der Waals surface area (Å²) in [5.41, 5.74) is 1.73. The molecule has 3 rings (SSSR count). The first-order valence-electron chi connectivity index (χ1n) is 8.83. The molecule has 1 aromatic heterocycles. The van der Waals surface area contributed by atoms with Crippen LogP contribution < -0.4 is 10.9 Å². The highest BCUT2D eigenvalue weighted by molar-refractivity contribution is 6.30. The Bertz CT molecular complexity index is 1130. The van der Waals surface area contributed by atoms with E-state index in [0.717, 1.165) is 5.56 Å². The zero-order chi connectivity index (χ0) is 21.1. The molecule has 0 fully saturated rings. The minimum absolute atomic E-state index is 0.0368. The highest BCUT2D eigenvalue weighted by atomic mass is 35.5. The molecule has 2 aromatic carbocycles. The van der Waals surface area contributed by atoms with Crippen LogP contribution in [0.1, 0.15) is 38.9 Å². The summed E-state index contributed by atoms with van der Waals surface area (Å²) in [6.45, 7) is 3.37. The second kappa shape index (κ2) is 8.64. The smallest absolute Gasteiger partial charge is 0.274 e. The van der Waals surface area contributed by atoms with E-state index < -0.39 is 11.5 Å². The number of hydrogen-bond donors (Lipinski definition) is 1. The number of nitrogens with one attached hydrogen (secondary N) is 1. The lowest BCUT2D eigenvalue weighted by molar-refractivity contribution is 0.100. The molecule has 1 N–H and O–H groups in total. The van der Waals surface area contributed by atoms with Gasteiger partial charge in [0.2, 0.25) is 0 Å². The molecule has 1 heterocycles. The molecule has 0 aliphatic rings. The molecule has 7 heteroatoms. The number of hydrogen-bond acceptors (Lipinski definition) is 3. The first-order chi connectivity index (χ1) is 13.8. The van der Waals surface area contributed by atoms with Crippen molar-refractivity contribution in [3.8, 4) is 0 Å². The molecule has 148 valence electrons. The SMILES string of the molecule is CC(=O)c1cc(NC(=O)c2ccc(Cl)cc2)c(=O)n(Cc2ccc(Cl)cc2)c1C. The maximum atomic E-state index is 13.0. The summed E-state index contributed by atoms with van der Waals surface area (Å²) in [5, 5.41) is 3.71. The predicted molar refractivity (Wildman–Crippen MR) is 115 cm³/mol. The first kappa shape index (κ1) is 20.8. The van der Waals surface area contributed by atoms with E-state index in [2.05, 4.69) is 5.32 Å². The van der Waals surface area contributed by atoms with Gasteiger partial charge in [0, 0.05) is 26.9 Å². The van der Waals surface area contributed by atoms with Crippen LogP contribution in [0.15, 0.2) is 59.4 Å². The van der Waals surface area contributed by atoms with Gasteiger partial charge in [-0.25, -0.2) is 0 Å². The molecule has 0 unspecified atom stereocenters. The average molecular weight is 429 g/mol. The Hall–Kier alpha value is -2.89. The van der Waals surface area contributed by atoms with E-state index in [9.17, 15) is 14.4 Å². The molecule has 29 heavy (non-hydrogen) atoms. The lowest BCUT2D eigenvalue weighted by Gasteiger charge is -2.16. The van der Waals surface area contributed by atoms with Crippen molar-refractivity contribution in [1.82, 2.24) is 4.57 Å². The number of benzene rings is 2. The van der Waals surface area contributed by atoms with Crippen molar-refractivity contribution in [2.24, 2.45) is 0 Å². The number of Topliss-reactive ketones (excluding diaryl/α,β-unsaturated/α-hetero) is 1. The van der Waals surface area contributed by atoms with Gasteiger partial charge in [0.25, 0.3) is 11.5 Å². The Morgan fingerprint density at radius 3 is 2.07 bits per heavy atom. The number of ketones is 1. The van der Waals surface area contributed by atoms with Crippen molar-refractivity contribution < 1.29 is 9.59 Å². The summed E-state index contributed by atoms with van der Waals surface area (Å²) in [4.78, 5) is 37.7. The molecule has 1 amide bonds. The molecule has 5 nitrogen and oxygen atoms in total. The van der Waals surface area contributed by atoms with Gasteiger partial charge in [-0.2, -0.15) is 0 Å². The molecule has 0 aliphatic carbocycles. The quantitative estimate of drug-likeness (QED) is 0.583. The summed E-state index contributed by atoms with van der Waals surface area (Å²) in [5.74, 6) is -0.662. The highest BCUT2D eigenvalue weighted by Crippen LogP contribution is 2.17. The van der Waals surface area contributed by atoms with Crippen molar-refractivity contribution in [1.29, 1.82) is 0 Å². The van der Waals surface area contributed by atoms with Gasteiger partial charge in [0.1, 0.15) is 5.69 Å². The van der Waals surface area contributed by atoms with Crippen molar-refractivity contribution in [3.63, 3.8) is 0 Å². The van der Waals surface area contributed by atoms with E-state index in [1.807, 2.05) is 0 Å². The van der Waals surface area contributed by atoms with E-state index >= 15 is 0 Å². The third kappa shape index (κ3) is 4.75. The van der Waals surface area contributed by atoms with E-state index in [1.165, 1.54) is 17.6 Å². The Morgan fingerprint density at radius 1 is 0.966 bits per heavy atom. The molecular formula is C22H18Cl2N2O3. The standard InChI is InChI=1S/C22H18Cl2N2O3/c1-13-19(14(2)27)11-20(25-21(28)16-5-9-18(24)10-6-16)22(29)26(13)12-15-3-7-17(23)8-4-15/h3-11H,12H2,1-2H3,(H,25,28). The molecule has 0 saturated heterocycles. The van der Waals surface area contributed by atoms with Gasteiger partial charge in [-0.1, -0.05) is 35.3 Å². The van der Waals surface area contributed by atoms with Crippen LogP contribution in [0, 0.1) is 6.92 Å². The number of amides is 1. The number of rotatable bonds is 5. The Balaban J connectivity index is 2.02.